The average molecular weight is 305 g/mol. The quantitative estimate of drug-likeness (QED) is 0.812. The van der Waals surface area contributed by atoms with E-state index in [4.69, 9.17) is 0 Å². The molecule has 0 heterocycles. The SMILES string of the molecule is CCN(Cc1ccccc1)C(=O)CNC(=O)NC(C)C(C)C. The Morgan fingerprint density at radius 1 is 1.14 bits per heavy atom. The molecule has 0 aliphatic heterocycles. The minimum absolute atomic E-state index is 0.0112. The highest BCUT2D eigenvalue weighted by atomic mass is 16.2. The van der Waals surface area contributed by atoms with Gasteiger partial charge in [-0.15, -0.1) is 0 Å². The third kappa shape index (κ3) is 6.16. The highest BCUT2D eigenvalue weighted by molar-refractivity contribution is 5.84. The number of likely N-dealkylation sites (N-methyl/N-ethyl adjacent to an activating group) is 1. The fraction of sp³-hybridized carbons (Fsp3) is 0.529. The predicted molar refractivity (Wildman–Crippen MR) is 88.4 cm³/mol. The van der Waals surface area contributed by atoms with E-state index in [9.17, 15) is 9.59 Å². The monoisotopic (exact) mass is 305 g/mol. The van der Waals surface area contributed by atoms with Gasteiger partial charge in [0.25, 0.3) is 0 Å². The Labute approximate surface area is 133 Å². The Balaban J connectivity index is 2.43. The fourth-order valence-corrected chi connectivity index (χ4v) is 1.87. The van der Waals surface area contributed by atoms with Crippen molar-refractivity contribution in [3.8, 4) is 0 Å². The van der Waals surface area contributed by atoms with Crippen molar-refractivity contribution in [2.75, 3.05) is 13.1 Å². The Hall–Kier alpha value is -2.04. The lowest BCUT2D eigenvalue weighted by Gasteiger charge is -2.22. The molecule has 0 radical (unpaired) electrons. The third-order valence-corrected chi connectivity index (χ3v) is 3.71. The molecule has 1 aromatic carbocycles. The van der Waals surface area contributed by atoms with Gasteiger partial charge in [0.15, 0.2) is 0 Å². The van der Waals surface area contributed by atoms with Crippen molar-refractivity contribution in [3.05, 3.63) is 35.9 Å². The first-order chi connectivity index (χ1) is 10.4. The Bertz CT molecular complexity index is 474. The van der Waals surface area contributed by atoms with Gasteiger partial charge in [0.05, 0.1) is 6.54 Å². The number of hydrogen-bond acceptors (Lipinski definition) is 2. The summed E-state index contributed by atoms with van der Waals surface area (Å²) in [5.74, 6) is 0.269. The fourth-order valence-electron chi connectivity index (χ4n) is 1.87. The molecule has 0 saturated carbocycles. The van der Waals surface area contributed by atoms with Gasteiger partial charge < -0.3 is 15.5 Å². The van der Waals surface area contributed by atoms with E-state index in [1.807, 2.05) is 58.0 Å². The number of rotatable bonds is 7. The van der Waals surface area contributed by atoms with Gasteiger partial charge in [0.2, 0.25) is 5.91 Å². The van der Waals surface area contributed by atoms with Crippen LogP contribution < -0.4 is 10.6 Å². The van der Waals surface area contributed by atoms with Crippen LogP contribution in [0.15, 0.2) is 30.3 Å². The number of carbonyl (C=O) groups is 2. The lowest BCUT2D eigenvalue weighted by atomic mass is 10.1. The van der Waals surface area contributed by atoms with Crippen molar-refractivity contribution >= 4 is 11.9 Å². The van der Waals surface area contributed by atoms with Gasteiger partial charge >= 0.3 is 6.03 Å². The molecule has 0 aliphatic rings. The van der Waals surface area contributed by atoms with Crippen LogP contribution in [0.25, 0.3) is 0 Å². The van der Waals surface area contributed by atoms with Crippen molar-refractivity contribution in [1.82, 2.24) is 15.5 Å². The molecule has 0 aromatic heterocycles. The van der Waals surface area contributed by atoms with E-state index in [1.54, 1.807) is 4.90 Å². The van der Waals surface area contributed by atoms with Gasteiger partial charge in [-0.1, -0.05) is 44.2 Å². The van der Waals surface area contributed by atoms with Gasteiger partial charge in [-0.2, -0.15) is 0 Å². The Morgan fingerprint density at radius 3 is 2.32 bits per heavy atom. The first-order valence-corrected chi connectivity index (χ1v) is 7.80. The van der Waals surface area contributed by atoms with Gasteiger partial charge in [0, 0.05) is 19.1 Å². The van der Waals surface area contributed by atoms with Crippen LogP contribution in [-0.4, -0.2) is 36.0 Å². The van der Waals surface area contributed by atoms with E-state index in [2.05, 4.69) is 10.6 Å². The van der Waals surface area contributed by atoms with Gasteiger partial charge in [0.1, 0.15) is 0 Å². The molecule has 5 heteroatoms. The second-order valence-electron chi connectivity index (χ2n) is 5.75. The van der Waals surface area contributed by atoms with Crippen molar-refractivity contribution in [1.29, 1.82) is 0 Å². The average Bonchev–Trinajstić information content (AvgIpc) is 2.51. The summed E-state index contributed by atoms with van der Waals surface area (Å²) in [7, 11) is 0. The Kier molecular flexibility index (Phi) is 7.43. The summed E-state index contributed by atoms with van der Waals surface area (Å²) >= 11 is 0. The number of nitrogens with one attached hydrogen (secondary N) is 2. The second-order valence-corrected chi connectivity index (χ2v) is 5.75. The minimum atomic E-state index is -0.301. The van der Waals surface area contributed by atoms with Crippen LogP contribution in [0.2, 0.25) is 0 Å². The zero-order valence-electron chi connectivity index (χ0n) is 13.9. The number of carbonyl (C=O) groups excluding carboxylic acids is 2. The highest BCUT2D eigenvalue weighted by Gasteiger charge is 2.15. The summed E-state index contributed by atoms with van der Waals surface area (Å²) in [6.07, 6.45) is 0. The van der Waals surface area contributed by atoms with Crippen molar-refractivity contribution < 1.29 is 9.59 Å². The summed E-state index contributed by atoms with van der Waals surface area (Å²) in [6.45, 7) is 9.13. The molecule has 0 saturated heterocycles. The molecule has 1 rings (SSSR count). The van der Waals surface area contributed by atoms with Crippen LogP contribution in [0.1, 0.15) is 33.3 Å². The molecule has 1 unspecified atom stereocenters. The van der Waals surface area contributed by atoms with E-state index in [0.29, 0.717) is 19.0 Å². The number of amides is 3. The van der Waals surface area contributed by atoms with E-state index in [0.717, 1.165) is 5.56 Å². The molecule has 0 fully saturated rings. The maximum Gasteiger partial charge on any atom is 0.315 e. The van der Waals surface area contributed by atoms with E-state index < -0.39 is 0 Å². The van der Waals surface area contributed by atoms with Crippen molar-refractivity contribution in [2.45, 2.75) is 40.3 Å². The lowest BCUT2D eigenvalue weighted by Crippen LogP contribution is -2.47. The summed E-state index contributed by atoms with van der Waals surface area (Å²) in [5.41, 5.74) is 1.08. The smallest absolute Gasteiger partial charge is 0.315 e. The predicted octanol–water partition coefficient (Wildman–Crippen LogP) is 2.38. The molecular formula is C17H27N3O2. The standard InChI is InChI=1S/C17H27N3O2/c1-5-20(12-15-9-7-6-8-10-15)16(21)11-18-17(22)19-14(4)13(2)3/h6-10,13-14H,5,11-12H2,1-4H3,(H2,18,19,22). The molecular weight excluding hydrogens is 278 g/mol. The number of hydrogen-bond donors (Lipinski definition) is 2. The topological polar surface area (TPSA) is 61.4 Å². The van der Waals surface area contributed by atoms with Crippen LogP contribution in [0.4, 0.5) is 4.79 Å². The van der Waals surface area contributed by atoms with Crippen LogP contribution >= 0.6 is 0 Å². The molecule has 2 N–H and O–H groups in total. The summed E-state index contributed by atoms with van der Waals surface area (Å²) in [5, 5.41) is 5.45. The molecule has 1 aromatic rings. The van der Waals surface area contributed by atoms with Crippen molar-refractivity contribution in [3.63, 3.8) is 0 Å². The zero-order chi connectivity index (χ0) is 16.5. The van der Waals surface area contributed by atoms with Gasteiger partial charge in [-0.25, -0.2) is 4.79 Å². The van der Waals surface area contributed by atoms with E-state index in [-0.39, 0.29) is 24.5 Å². The first-order valence-electron chi connectivity index (χ1n) is 7.80. The lowest BCUT2D eigenvalue weighted by molar-refractivity contribution is -0.130. The molecule has 22 heavy (non-hydrogen) atoms. The zero-order valence-corrected chi connectivity index (χ0v) is 13.9. The number of urea groups is 1. The molecule has 0 bridgehead atoms. The van der Waals surface area contributed by atoms with Crippen LogP contribution in [0.3, 0.4) is 0 Å². The molecule has 122 valence electrons. The molecule has 5 nitrogen and oxygen atoms in total. The highest BCUT2D eigenvalue weighted by Crippen LogP contribution is 2.04. The maximum atomic E-state index is 12.2. The van der Waals surface area contributed by atoms with E-state index >= 15 is 0 Å². The third-order valence-electron chi connectivity index (χ3n) is 3.71. The minimum Gasteiger partial charge on any atom is -0.337 e. The van der Waals surface area contributed by atoms with Crippen LogP contribution in [0.5, 0.6) is 0 Å². The maximum absolute atomic E-state index is 12.2. The normalized spacial score (nSPS) is 11.9. The summed E-state index contributed by atoms with van der Waals surface area (Å²) in [4.78, 5) is 25.6. The molecule has 0 aliphatic carbocycles. The van der Waals surface area contributed by atoms with Crippen LogP contribution in [-0.2, 0) is 11.3 Å². The largest absolute Gasteiger partial charge is 0.337 e. The summed E-state index contributed by atoms with van der Waals surface area (Å²) < 4.78 is 0. The van der Waals surface area contributed by atoms with Crippen molar-refractivity contribution in [2.24, 2.45) is 5.92 Å². The molecule has 0 spiro atoms. The Morgan fingerprint density at radius 2 is 1.77 bits per heavy atom. The summed E-state index contributed by atoms with van der Waals surface area (Å²) in [6, 6.07) is 9.59. The molecule has 3 amide bonds. The number of nitrogens with zero attached hydrogens (tertiary/aromatic N) is 1. The first kappa shape index (κ1) is 18.0. The van der Waals surface area contributed by atoms with Gasteiger partial charge in [-0.3, -0.25) is 4.79 Å². The van der Waals surface area contributed by atoms with E-state index in [1.165, 1.54) is 0 Å². The molecule has 1 atom stereocenters. The number of benzene rings is 1. The van der Waals surface area contributed by atoms with Crippen LogP contribution in [0, 0.1) is 5.92 Å². The van der Waals surface area contributed by atoms with Gasteiger partial charge in [-0.05, 0) is 25.3 Å². The second kappa shape index (κ2) is 9.07.